The van der Waals surface area contributed by atoms with Crippen LogP contribution in [0.1, 0.15) is 15.9 Å². The standard InChI is InChI=1S/C13H17NO4/c1-14(7-8-18-2)13(17)11-6-4-3-5-10(11)9-12(15)16/h3-6H,7-9H2,1-2H3,(H,15,16). The fourth-order valence-electron chi connectivity index (χ4n) is 1.58. The zero-order valence-electron chi connectivity index (χ0n) is 10.5. The normalized spacial score (nSPS) is 10.1. The maximum atomic E-state index is 12.1. The van der Waals surface area contributed by atoms with Gasteiger partial charge in [-0.05, 0) is 11.6 Å². The molecule has 0 fully saturated rings. The molecular formula is C13H17NO4. The van der Waals surface area contributed by atoms with Crippen molar-refractivity contribution >= 4 is 11.9 Å². The number of hydrogen-bond donors (Lipinski definition) is 1. The third-order valence-electron chi connectivity index (χ3n) is 2.57. The average molecular weight is 251 g/mol. The van der Waals surface area contributed by atoms with Crippen LogP contribution in [0.4, 0.5) is 0 Å². The molecule has 1 aromatic carbocycles. The van der Waals surface area contributed by atoms with Crippen molar-refractivity contribution < 1.29 is 19.4 Å². The number of nitrogens with zero attached hydrogens (tertiary/aromatic N) is 1. The minimum Gasteiger partial charge on any atom is -0.481 e. The number of aliphatic carboxylic acids is 1. The largest absolute Gasteiger partial charge is 0.481 e. The van der Waals surface area contributed by atoms with Crippen LogP contribution in [0.15, 0.2) is 24.3 Å². The van der Waals surface area contributed by atoms with Crippen molar-refractivity contribution in [3.63, 3.8) is 0 Å². The first kappa shape index (κ1) is 14.2. The predicted octanol–water partition coefficient (Wildman–Crippen LogP) is 1.03. The van der Waals surface area contributed by atoms with Crippen molar-refractivity contribution in [1.82, 2.24) is 4.90 Å². The Morgan fingerprint density at radius 1 is 1.33 bits per heavy atom. The number of methoxy groups -OCH3 is 1. The van der Waals surface area contributed by atoms with Gasteiger partial charge in [0.1, 0.15) is 0 Å². The van der Waals surface area contributed by atoms with Crippen LogP contribution in [0.2, 0.25) is 0 Å². The molecule has 5 nitrogen and oxygen atoms in total. The number of amides is 1. The van der Waals surface area contributed by atoms with Crippen LogP contribution in [0.3, 0.4) is 0 Å². The Hall–Kier alpha value is -1.88. The molecule has 0 radical (unpaired) electrons. The van der Waals surface area contributed by atoms with Crippen LogP contribution in [0.5, 0.6) is 0 Å². The second kappa shape index (κ2) is 6.76. The SMILES string of the molecule is COCCN(C)C(=O)c1ccccc1CC(=O)O. The molecule has 0 saturated heterocycles. The lowest BCUT2D eigenvalue weighted by atomic mass is 10.0. The van der Waals surface area contributed by atoms with Crippen LogP contribution in [0, 0.1) is 0 Å². The van der Waals surface area contributed by atoms with Crippen molar-refractivity contribution in [1.29, 1.82) is 0 Å². The summed E-state index contributed by atoms with van der Waals surface area (Å²) >= 11 is 0. The number of benzene rings is 1. The lowest BCUT2D eigenvalue weighted by Gasteiger charge is -2.18. The fraction of sp³-hybridized carbons (Fsp3) is 0.385. The molecule has 0 bridgehead atoms. The van der Waals surface area contributed by atoms with Gasteiger partial charge in [-0.2, -0.15) is 0 Å². The first-order chi connectivity index (χ1) is 8.56. The minimum absolute atomic E-state index is 0.153. The van der Waals surface area contributed by atoms with Gasteiger partial charge in [0, 0.05) is 26.3 Å². The van der Waals surface area contributed by atoms with E-state index in [4.69, 9.17) is 9.84 Å². The van der Waals surface area contributed by atoms with Crippen LogP contribution in [-0.4, -0.2) is 49.2 Å². The molecule has 0 unspecified atom stereocenters. The summed E-state index contributed by atoms with van der Waals surface area (Å²) in [5.41, 5.74) is 0.956. The van der Waals surface area contributed by atoms with Crippen LogP contribution < -0.4 is 0 Å². The topological polar surface area (TPSA) is 66.8 Å². The molecule has 0 heterocycles. The van der Waals surface area contributed by atoms with E-state index in [-0.39, 0.29) is 12.3 Å². The van der Waals surface area contributed by atoms with E-state index in [9.17, 15) is 9.59 Å². The monoisotopic (exact) mass is 251 g/mol. The number of ether oxygens (including phenoxy) is 1. The molecule has 0 spiro atoms. The summed E-state index contributed by atoms with van der Waals surface area (Å²) in [5, 5.41) is 8.81. The van der Waals surface area contributed by atoms with Crippen molar-refractivity contribution in [2.24, 2.45) is 0 Å². The highest BCUT2D eigenvalue weighted by molar-refractivity contribution is 5.96. The lowest BCUT2D eigenvalue weighted by Crippen LogP contribution is -2.30. The maximum Gasteiger partial charge on any atom is 0.307 e. The quantitative estimate of drug-likeness (QED) is 0.820. The van der Waals surface area contributed by atoms with E-state index in [1.54, 1.807) is 38.4 Å². The highest BCUT2D eigenvalue weighted by atomic mass is 16.5. The van der Waals surface area contributed by atoms with Crippen molar-refractivity contribution in [3.8, 4) is 0 Å². The molecule has 0 aliphatic carbocycles. The van der Waals surface area contributed by atoms with Gasteiger partial charge in [-0.25, -0.2) is 0 Å². The third kappa shape index (κ3) is 3.85. The molecule has 0 aromatic heterocycles. The number of rotatable bonds is 6. The smallest absolute Gasteiger partial charge is 0.307 e. The van der Waals surface area contributed by atoms with Gasteiger partial charge in [-0.1, -0.05) is 18.2 Å². The summed E-state index contributed by atoms with van der Waals surface area (Å²) in [4.78, 5) is 24.4. The zero-order valence-corrected chi connectivity index (χ0v) is 10.5. The molecule has 0 saturated carbocycles. The molecule has 1 amide bonds. The molecule has 1 rings (SSSR count). The average Bonchev–Trinajstić information content (AvgIpc) is 2.35. The second-order valence-electron chi connectivity index (χ2n) is 3.95. The van der Waals surface area contributed by atoms with Gasteiger partial charge < -0.3 is 14.7 Å². The molecule has 18 heavy (non-hydrogen) atoms. The summed E-state index contributed by atoms with van der Waals surface area (Å²) in [6, 6.07) is 6.75. The number of hydrogen-bond acceptors (Lipinski definition) is 3. The van der Waals surface area contributed by atoms with E-state index in [0.717, 1.165) is 0 Å². The van der Waals surface area contributed by atoms with Crippen molar-refractivity contribution in [3.05, 3.63) is 35.4 Å². The summed E-state index contributed by atoms with van der Waals surface area (Å²) in [7, 11) is 3.23. The first-order valence-electron chi connectivity index (χ1n) is 5.60. The predicted molar refractivity (Wildman–Crippen MR) is 66.6 cm³/mol. The number of likely N-dealkylation sites (N-methyl/N-ethyl adjacent to an activating group) is 1. The number of carboxylic acid groups (broad SMARTS) is 1. The highest BCUT2D eigenvalue weighted by Gasteiger charge is 2.16. The van der Waals surface area contributed by atoms with E-state index in [2.05, 4.69) is 0 Å². The Morgan fingerprint density at radius 3 is 2.61 bits per heavy atom. The van der Waals surface area contributed by atoms with Crippen molar-refractivity contribution in [2.45, 2.75) is 6.42 Å². The Kier molecular flexibility index (Phi) is 5.32. The third-order valence-corrected chi connectivity index (χ3v) is 2.57. The molecule has 0 aliphatic heterocycles. The van der Waals surface area contributed by atoms with E-state index < -0.39 is 5.97 Å². The molecule has 1 aromatic rings. The molecule has 1 N–H and O–H groups in total. The van der Waals surface area contributed by atoms with Gasteiger partial charge >= 0.3 is 5.97 Å². The van der Waals surface area contributed by atoms with Crippen LogP contribution in [-0.2, 0) is 16.0 Å². The molecule has 0 aliphatic rings. The minimum atomic E-state index is -0.949. The second-order valence-corrected chi connectivity index (χ2v) is 3.95. The van der Waals surface area contributed by atoms with E-state index >= 15 is 0 Å². The summed E-state index contributed by atoms with van der Waals surface area (Å²) in [5.74, 6) is -1.14. The fourth-order valence-corrected chi connectivity index (χ4v) is 1.58. The summed E-state index contributed by atoms with van der Waals surface area (Å²) < 4.78 is 4.91. The maximum absolute atomic E-state index is 12.1. The van der Waals surface area contributed by atoms with Gasteiger partial charge in [0.05, 0.1) is 13.0 Å². The summed E-state index contributed by atoms with van der Waals surface area (Å²) in [6.45, 7) is 0.917. The number of carboxylic acids is 1. The Balaban J connectivity index is 2.87. The van der Waals surface area contributed by atoms with Crippen molar-refractivity contribution in [2.75, 3.05) is 27.3 Å². The van der Waals surface area contributed by atoms with Gasteiger partial charge in [0.15, 0.2) is 0 Å². The van der Waals surface area contributed by atoms with Gasteiger partial charge in [-0.3, -0.25) is 9.59 Å². The van der Waals surface area contributed by atoms with Gasteiger partial charge in [0.2, 0.25) is 0 Å². The zero-order chi connectivity index (χ0) is 13.5. The number of carbonyl (C=O) groups excluding carboxylic acids is 1. The Bertz CT molecular complexity index is 431. The summed E-state index contributed by atoms with van der Waals surface area (Å²) in [6.07, 6.45) is -0.153. The van der Waals surface area contributed by atoms with E-state index in [0.29, 0.717) is 24.3 Å². The van der Waals surface area contributed by atoms with Crippen LogP contribution in [0.25, 0.3) is 0 Å². The van der Waals surface area contributed by atoms with Crippen LogP contribution >= 0.6 is 0 Å². The lowest BCUT2D eigenvalue weighted by molar-refractivity contribution is -0.136. The van der Waals surface area contributed by atoms with Gasteiger partial charge in [-0.15, -0.1) is 0 Å². The number of carbonyl (C=O) groups is 2. The Labute approximate surface area is 106 Å². The highest BCUT2D eigenvalue weighted by Crippen LogP contribution is 2.12. The van der Waals surface area contributed by atoms with E-state index in [1.807, 2.05) is 0 Å². The molecule has 5 heteroatoms. The molecular weight excluding hydrogens is 234 g/mol. The van der Waals surface area contributed by atoms with Gasteiger partial charge in [0.25, 0.3) is 5.91 Å². The molecule has 0 atom stereocenters. The Morgan fingerprint density at radius 2 is 2.00 bits per heavy atom. The van der Waals surface area contributed by atoms with E-state index in [1.165, 1.54) is 4.90 Å². The molecule has 98 valence electrons. The first-order valence-corrected chi connectivity index (χ1v) is 5.60.